The first-order valence-corrected chi connectivity index (χ1v) is 13.2. The van der Waals surface area contributed by atoms with E-state index in [1.54, 1.807) is 0 Å². The Morgan fingerprint density at radius 2 is 0.919 bits per heavy atom. The first kappa shape index (κ1) is 42.7. The summed E-state index contributed by atoms with van der Waals surface area (Å²) in [6, 6.07) is 0. The molecular formula is C25H53KO11. The average molecular weight is 569 g/mol. The molecule has 0 aromatic heterocycles. The largest absolute Gasteiger partial charge is 1.00 e. The molecule has 37 heavy (non-hydrogen) atoms. The summed E-state index contributed by atoms with van der Waals surface area (Å²) in [5, 5.41) is 10.4. The van der Waals surface area contributed by atoms with Crippen LogP contribution in [0.25, 0.3) is 0 Å². The van der Waals surface area contributed by atoms with Crippen molar-refractivity contribution in [3.05, 3.63) is 0 Å². The Morgan fingerprint density at radius 3 is 1.14 bits per heavy atom. The molecule has 2 aliphatic rings. The second-order valence-corrected chi connectivity index (χ2v) is 7.18. The van der Waals surface area contributed by atoms with Gasteiger partial charge in [0.2, 0.25) is 0 Å². The van der Waals surface area contributed by atoms with Gasteiger partial charge in [-0.15, -0.1) is 6.61 Å². The first-order chi connectivity index (χ1) is 17.7. The van der Waals surface area contributed by atoms with Gasteiger partial charge in [0.1, 0.15) is 27.2 Å². The van der Waals surface area contributed by atoms with E-state index >= 15 is 0 Å². The number of hydrogen-bond donors (Lipinski definition) is 0. The summed E-state index contributed by atoms with van der Waals surface area (Å²) in [4.78, 5) is 0. The first-order valence-electron chi connectivity index (χ1n) is 13.2. The zero-order valence-corrected chi connectivity index (χ0v) is 27.5. The van der Waals surface area contributed by atoms with E-state index in [0.717, 1.165) is 39.3 Å². The molecule has 2 rings (SSSR count). The van der Waals surface area contributed by atoms with Crippen molar-refractivity contribution in [3.8, 4) is 0 Å². The van der Waals surface area contributed by atoms with Gasteiger partial charge >= 0.3 is 51.4 Å². The smallest absolute Gasteiger partial charge is 0.854 e. The molecule has 0 saturated carbocycles. The molecule has 0 aromatic carbocycles. The SMILES string of the molecule is C1CCOC1.C1CO1.CCCC(OCOCC)OCOCC.CCOCOC(CC[O-])OCOCC.[K+]. The molecule has 0 N–H and O–H groups in total. The van der Waals surface area contributed by atoms with Crippen LogP contribution < -0.4 is 56.5 Å². The molecule has 0 unspecified atom stereocenters. The molecule has 0 aliphatic carbocycles. The number of epoxide rings is 1. The topological polar surface area (TPSA) is 119 Å². The molecule has 0 radical (unpaired) electrons. The van der Waals surface area contributed by atoms with E-state index in [2.05, 4.69) is 11.7 Å². The van der Waals surface area contributed by atoms with Crippen molar-refractivity contribution in [2.24, 2.45) is 0 Å². The van der Waals surface area contributed by atoms with Crippen LogP contribution in [0.3, 0.4) is 0 Å². The van der Waals surface area contributed by atoms with Gasteiger partial charge < -0.3 is 52.5 Å². The van der Waals surface area contributed by atoms with E-state index in [4.69, 9.17) is 42.6 Å². The molecule has 0 spiro atoms. The number of rotatable bonds is 20. The summed E-state index contributed by atoms with van der Waals surface area (Å²) < 4.78 is 50.5. The molecule has 2 heterocycles. The Morgan fingerprint density at radius 1 is 0.568 bits per heavy atom. The Balaban J connectivity index is -0.000000467. The predicted octanol–water partition coefficient (Wildman–Crippen LogP) is 0.0353. The Bertz CT molecular complexity index is 322. The van der Waals surface area contributed by atoms with Crippen molar-refractivity contribution in [2.45, 2.75) is 79.3 Å². The van der Waals surface area contributed by atoms with E-state index in [9.17, 15) is 5.11 Å². The third kappa shape index (κ3) is 41.8. The van der Waals surface area contributed by atoms with Crippen molar-refractivity contribution >= 4 is 0 Å². The minimum atomic E-state index is -0.523. The fourth-order valence-electron chi connectivity index (χ4n) is 2.10. The normalized spacial score (nSPS) is 13.6. The van der Waals surface area contributed by atoms with Gasteiger partial charge in [-0.3, -0.25) is 0 Å². The molecule has 0 atom stereocenters. The molecule has 0 amide bonds. The molecule has 0 aromatic rings. The molecule has 0 bridgehead atoms. The molecule has 220 valence electrons. The van der Waals surface area contributed by atoms with E-state index in [1.807, 2.05) is 27.7 Å². The Labute approximate surface area is 267 Å². The monoisotopic (exact) mass is 568 g/mol. The van der Waals surface area contributed by atoms with Crippen LogP contribution in [0, 0.1) is 0 Å². The maximum absolute atomic E-state index is 10.4. The average Bonchev–Trinajstić information content (AvgIpc) is 3.65. The summed E-state index contributed by atoms with van der Waals surface area (Å²) >= 11 is 0. The Hall–Kier alpha value is 1.20. The minimum absolute atomic E-state index is 0. The van der Waals surface area contributed by atoms with Crippen LogP contribution in [0.15, 0.2) is 0 Å². The summed E-state index contributed by atoms with van der Waals surface area (Å²) in [5.41, 5.74) is 0. The second kappa shape index (κ2) is 39.3. The van der Waals surface area contributed by atoms with Crippen molar-refractivity contribution in [2.75, 3.05) is 86.6 Å². The fourth-order valence-corrected chi connectivity index (χ4v) is 2.10. The van der Waals surface area contributed by atoms with Gasteiger partial charge in [0, 0.05) is 39.6 Å². The third-order valence-electron chi connectivity index (χ3n) is 4.07. The maximum Gasteiger partial charge on any atom is 1.00 e. The van der Waals surface area contributed by atoms with Gasteiger partial charge in [-0.05, 0) is 53.4 Å². The van der Waals surface area contributed by atoms with Crippen LogP contribution >= 0.6 is 0 Å². The summed E-state index contributed by atoms with van der Waals surface area (Å²) in [6.07, 6.45) is 4.01. The summed E-state index contributed by atoms with van der Waals surface area (Å²) in [7, 11) is 0. The van der Waals surface area contributed by atoms with E-state index in [1.165, 1.54) is 12.8 Å². The molecular weight excluding hydrogens is 515 g/mol. The second-order valence-electron chi connectivity index (χ2n) is 7.18. The number of ether oxygens (including phenoxy) is 10. The van der Waals surface area contributed by atoms with Crippen LogP contribution in [0.4, 0.5) is 0 Å². The van der Waals surface area contributed by atoms with Crippen molar-refractivity contribution in [1.82, 2.24) is 0 Å². The zero-order chi connectivity index (χ0) is 27.0. The van der Waals surface area contributed by atoms with E-state index in [-0.39, 0.29) is 91.5 Å². The Kier molecular flexibility index (Phi) is 45.4. The standard InChI is InChI=1S/C10H22O4.C9H19O5.C4H8O.C2H4O.K/c1-4-7-10(13-8-11-5-2)14-9-12-6-3;1-3-11-7-13-9(5-6-10)14-8-12-4-2;1-2-4-5-3-1;1-2-3-1;/h10H,4-9H2,1-3H3;9H,3-8H2,1-2H3;1-4H2;1-2H2;/q;-1;;;+1. The van der Waals surface area contributed by atoms with Crippen molar-refractivity contribution in [1.29, 1.82) is 0 Å². The molecule has 11 nitrogen and oxygen atoms in total. The minimum Gasteiger partial charge on any atom is -0.854 e. The predicted molar refractivity (Wildman–Crippen MR) is 133 cm³/mol. The fraction of sp³-hybridized carbons (Fsp3) is 1.00. The molecule has 2 aliphatic heterocycles. The van der Waals surface area contributed by atoms with Crippen LogP contribution in [0.2, 0.25) is 0 Å². The van der Waals surface area contributed by atoms with Crippen LogP contribution in [0.5, 0.6) is 0 Å². The maximum atomic E-state index is 10.4. The van der Waals surface area contributed by atoms with E-state index < -0.39 is 6.29 Å². The van der Waals surface area contributed by atoms with Gasteiger partial charge in [0.25, 0.3) is 0 Å². The van der Waals surface area contributed by atoms with Crippen LogP contribution in [-0.2, 0) is 47.4 Å². The zero-order valence-electron chi connectivity index (χ0n) is 24.4. The molecule has 12 heteroatoms. The molecule has 2 fully saturated rings. The van der Waals surface area contributed by atoms with Gasteiger partial charge in [-0.1, -0.05) is 13.3 Å². The van der Waals surface area contributed by atoms with E-state index in [0.29, 0.717) is 32.8 Å². The summed E-state index contributed by atoms with van der Waals surface area (Å²) in [6.45, 7) is 16.8. The van der Waals surface area contributed by atoms with Gasteiger partial charge in [0.05, 0.1) is 13.2 Å². The third-order valence-corrected chi connectivity index (χ3v) is 4.07. The van der Waals surface area contributed by atoms with Crippen LogP contribution in [0.1, 0.15) is 66.7 Å². The van der Waals surface area contributed by atoms with Crippen LogP contribution in [-0.4, -0.2) is 99.2 Å². The van der Waals surface area contributed by atoms with Crippen molar-refractivity contribution in [3.63, 3.8) is 0 Å². The van der Waals surface area contributed by atoms with Gasteiger partial charge in [-0.25, -0.2) is 0 Å². The van der Waals surface area contributed by atoms with Gasteiger partial charge in [-0.2, -0.15) is 0 Å². The van der Waals surface area contributed by atoms with Crippen molar-refractivity contribution < 1.29 is 104 Å². The van der Waals surface area contributed by atoms with Gasteiger partial charge in [0.15, 0.2) is 12.6 Å². The summed E-state index contributed by atoms with van der Waals surface area (Å²) in [5.74, 6) is 0. The molecule has 2 saturated heterocycles. The number of hydrogen-bond acceptors (Lipinski definition) is 11. The quantitative estimate of drug-likeness (QED) is 0.0857.